The molecule has 1 N–H and O–H groups in total. The van der Waals surface area contributed by atoms with E-state index in [0.29, 0.717) is 12.1 Å². The number of likely N-dealkylation sites (tertiary alicyclic amines) is 1. The fraction of sp³-hybridized carbons (Fsp3) is 0.900. The van der Waals surface area contributed by atoms with Crippen LogP contribution in [0.25, 0.3) is 0 Å². The summed E-state index contributed by atoms with van der Waals surface area (Å²) in [5.74, 6) is 0. The molecule has 4 nitrogen and oxygen atoms in total. The molecule has 2 rings (SSSR count). The molecule has 2 fully saturated rings. The van der Waals surface area contributed by atoms with E-state index in [-0.39, 0.29) is 12.1 Å². The third-order valence-corrected chi connectivity index (χ3v) is 3.19. The van der Waals surface area contributed by atoms with Crippen molar-refractivity contribution in [1.29, 1.82) is 0 Å². The van der Waals surface area contributed by atoms with E-state index in [9.17, 15) is 4.79 Å². The van der Waals surface area contributed by atoms with Crippen molar-refractivity contribution in [2.75, 3.05) is 13.7 Å². The van der Waals surface area contributed by atoms with Crippen LogP contribution in [0.5, 0.6) is 0 Å². The maximum absolute atomic E-state index is 11.3. The van der Waals surface area contributed by atoms with Gasteiger partial charge in [-0.1, -0.05) is 0 Å². The van der Waals surface area contributed by atoms with Gasteiger partial charge in [-0.2, -0.15) is 0 Å². The Bertz CT molecular complexity index is 228. The average molecular weight is 198 g/mol. The molecule has 1 heterocycles. The minimum Gasteiger partial charge on any atom is -0.453 e. The molecule has 2 unspecified atom stereocenters. The van der Waals surface area contributed by atoms with E-state index in [0.717, 1.165) is 13.0 Å². The Morgan fingerprint density at radius 3 is 2.71 bits per heavy atom. The van der Waals surface area contributed by atoms with Crippen LogP contribution in [0.2, 0.25) is 0 Å². The van der Waals surface area contributed by atoms with Crippen molar-refractivity contribution in [2.45, 2.75) is 44.3 Å². The summed E-state index contributed by atoms with van der Waals surface area (Å²) >= 11 is 0. The first-order chi connectivity index (χ1) is 6.72. The number of carbonyl (C=O) groups is 1. The van der Waals surface area contributed by atoms with Crippen molar-refractivity contribution in [3.8, 4) is 0 Å². The number of methoxy groups -OCH3 is 1. The number of nitrogens with one attached hydrogen (secondary N) is 1. The normalized spacial score (nSPS) is 32.0. The number of hydrogen-bond acceptors (Lipinski definition) is 3. The van der Waals surface area contributed by atoms with E-state index < -0.39 is 0 Å². The van der Waals surface area contributed by atoms with Gasteiger partial charge in [-0.05, 0) is 26.2 Å². The molecule has 0 radical (unpaired) electrons. The monoisotopic (exact) mass is 198 g/mol. The van der Waals surface area contributed by atoms with Crippen molar-refractivity contribution in [3.63, 3.8) is 0 Å². The topological polar surface area (TPSA) is 41.6 Å². The van der Waals surface area contributed by atoms with Crippen LogP contribution in [0.1, 0.15) is 26.2 Å². The van der Waals surface area contributed by atoms with Crippen LogP contribution >= 0.6 is 0 Å². The van der Waals surface area contributed by atoms with E-state index in [1.54, 1.807) is 4.90 Å². The fourth-order valence-corrected chi connectivity index (χ4v) is 2.09. The van der Waals surface area contributed by atoms with Gasteiger partial charge in [0.1, 0.15) is 0 Å². The molecule has 2 atom stereocenters. The number of amides is 1. The molecule has 0 aromatic rings. The highest BCUT2D eigenvalue weighted by atomic mass is 16.5. The number of nitrogens with zero attached hydrogens (tertiary/aromatic N) is 1. The first-order valence-electron chi connectivity index (χ1n) is 5.33. The molecule has 1 aliphatic carbocycles. The summed E-state index contributed by atoms with van der Waals surface area (Å²) in [5.41, 5.74) is 0. The lowest BCUT2D eigenvalue weighted by atomic mass is 10.1. The molecular formula is C10H18N2O2. The van der Waals surface area contributed by atoms with Crippen LogP contribution in [0, 0.1) is 0 Å². The summed E-state index contributed by atoms with van der Waals surface area (Å²) < 4.78 is 4.73. The van der Waals surface area contributed by atoms with Gasteiger partial charge in [0.15, 0.2) is 0 Å². The van der Waals surface area contributed by atoms with Crippen LogP contribution in [-0.4, -0.2) is 42.8 Å². The Hall–Kier alpha value is -0.770. The maximum atomic E-state index is 11.3. The van der Waals surface area contributed by atoms with E-state index in [4.69, 9.17) is 4.74 Å². The molecule has 1 saturated carbocycles. The molecule has 1 aliphatic heterocycles. The molecule has 0 aromatic heterocycles. The minimum atomic E-state index is -0.197. The van der Waals surface area contributed by atoms with Gasteiger partial charge in [-0.25, -0.2) is 4.79 Å². The van der Waals surface area contributed by atoms with Gasteiger partial charge in [-0.3, -0.25) is 0 Å². The van der Waals surface area contributed by atoms with Gasteiger partial charge in [0.25, 0.3) is 0 Å². The number of carbonyl (C=O) groups excluding carboxylic acids is 1. The van der Waals surface area contributed by atoms with Crippen LogP contribution in [0.15, 0.2) is 0 Å². The van der Waals surface area contributed by atoms with Gasteiger partial charge < -0.3 is 15.0 Å². The van der Waals surface area contributed by atoms with Crippen LogP contribution in [0.3, 0.4) is 0 Å². The van der Waals surface area contributed by atoms with Crippen molar-refractivity contribution in [2.24, 2.45) is 0 Å². The second kappa shape index (κ2) is 3.77. The smallest absolute Gasteiger partial charge is 0.409 e. The molecule has 4 heteroatoms. The summed E-state index contributed by atoms with van der Waals surface area (Å²) in [6.45, 7) is 2.90. The van der Waals surface area contributed by atoms with E-state index in [1.807, 2.05) is 0 Å². The molecule has 2 aliphatic rings. The largest absolute Gasteiger partial charge is 0.453 e. The molecule has 0 bridgehead atoms. The van der Waals surface area contributed by atoms with E-state index in [2.05, 4.69) is 12.2 Å². The highest BCUT2D eigenvalue weighted by Crippen LogP contribution is 2.25. The van der Waals surface area contributed by atoms with Crippen LogP contribution < -0.4 is 5.32 Å². The predicted molar refractivity (Wildman–Crippen MR) is 53.1 cm³/mol. The third-order valence-electron chi connectivity index (χ3n) is 3.19. The lowest BCUT2D eigenvalue weighted by molar-refractivity contribution is 0.119. The Morgan fingerprint density at radius 2 is 2.14 bits per heavy atom. The van der Waals surface area contributed by atoms with Crippen molar-refractivity contribution < 1.29 is 9.53 Å². The van der Waals surface area contributed by atoms with Crippen molar-refractivity contribution >= 4 is 6.09 Å². The van der Waals surface area contributed by atoms with Gasteiger partial charge >= 0.3 is 6.09 Å². The van der Waals surface area contributed by atoms with Gasteiger partial charge in [-0.15, -0.1) is 0 Å². The first kappa shape index (κ1) is 9.77. The highest BCUT2D eigenvalue weighted by molar-refractivity contribution is 5.68. The second-order valence-electron chi connectivity index (χ2n) is 4.24. The Labute approximate surface area is 84.6 Å². The lowest BCUT2D eigenvalue weighted by Gasteiger charge is -2.23. The zero-order valence-electron chi connectivity index (χ0n) is 8.82. The Balaban J connectivity index is 1.88. The first-order valence-corrected chi connectivity index (χ1v) is 5.33. The van der Waals surface area contributed by atoms with E-state index in [1.165, 1.54) is 20.0 Å². The predicted octanol–water partition coefficient (Wildman–Crippen LogP) is 0.968. The SMILES string of the molecule is COC(=O)N1CCC(NC2CC2)C1C. The molecule has 1 saturated heterocycles. The summed E-state index contributed by atoms with van der Waals surface area (Å²) in [4.78, 5) is 13.2. The zero-order chi connectivity index (χ0) is 10.1. The summed E-state index contributed by atoms with van der Waals surface area (Å²) in [5, 5.41) is 3.56. The lowest BCUT2D eigenvalue weighted by Crippen LogP contribution is -2.43. The number of hydrogen-bond donors (Lipinski definition) is 1. The van der Waals surface area contributed by atoms with E-state index >= 15 is 0 Å². The quantitative estimate of drug-likeness (QED) is 0.718. The highest BCUT2D eigenvalue weighted by Gasteiger charge is 2.37. The molecule has 0 spiro atoms. The standard InChI is InChI=1S/C10H18N2O2/c1-7-9(11-8-3-4-8)5-6-12(7)10(13)14-2/h7-9,11H,3-6H2,1-2H3. The average Bonchev–Trinajstić information content (AvgIpc) is 2.92. The summed E-state index contributed by atoms with van der Waals surface area (Å²) in [7, 11) is 1.44. The van der Waals surface area contributed by atoms with Crippen molar-refractivity contribution in [1.82, 2.24) is 10.2 Å². The molecule has 80 valence electrons. The summed E-state index contributed by atoms with van der Waals surface area (Å²) in [6.07, 6.45) is 3.44. The van der Waals surface area contributed by atoms with Crippen LogP contribution in [-0.2, 0) is 4.74 Å². The van der Waals surface area contributed by atoms with Crippen molar-refractivity contribution in [3.05, 3.63) is 0 Å². The zero-order valence-corrected chi connectivity index (χ0v) is 8.82. The summed E-state index contributed by atoms with van der Waals surface area (Å²) in [6, 6.07) is 1.43. The molecule has 1 amide bonds. The number of ether oxygens (including phenoxy) is 1. The second-order valence-corrected chi connectivity index (χ2v) is 4.24. The van der Waals surface area contributed by atoms with Crippen LogP contribution in [0.4, 0.5) is 4.79 Å². The molecule has 0 aromatic carbocycles. The van der Waals surface area contributed by atoms with Gasteiger partial charge in [0.05, 0.1) is 7.11 Å². The maximum Gasteiger partial charge on any atom is 0.409 e. The van der Waals surface area contributed by atoms with Gasteiger partial charge in [0, 0.05) is 24.7 Å². The fourth-order valence-electron chi connectivity index (χ4n) is 2.09. The number of rotatable bonds is 2. The third kappa shape index (κ3) is 1.85. The molecular weight excluding hydrogens is 180 g/mol. The van der Waals surface area contributed by atoms with Gasteiger partial charge in [0.2, 0.25) is 0 Å². The Kier molecular flexibility index (Phi) is 2.63. The minimum absolute atomic E-state index is 0.197. The Morgan fingerprint density at radius 1 is 1.43 bits per heavy atom. The molecule has 14 heavy (non-hydrogen) atoms.